The fourth-order valence-corrected chi connectivity index (χ4v) is 4.07. The second-order valence-electron chi connectivity index (χ2n) is 8.27. The van der Waals surface area contributed by atoms with Gasteiger partial charge in [-0.1, -0.05) is 18.7 Å². The van der Waals surface area contributed by atoms with Gasteiger partial charge in [-0.15, -0.1) is 0 Å². The molecule has 7 heteroatoms. The number of hydrogen-bond acceptors (Lipinski definition) is 6. The molecule has 1 aliphatic rings. The number of hydrogen-bond donors (Lipinski definition) is 3. The van der Waals surface area contributed by atoms with E-state index in [1.54, 1.807) is 0 Å². The van der Waals surface area contributed by atoms with Gasteiger partial charge in [0, 0.05) is 60.1 Å². The van der Waals surface area contributed by atoms with E-state index >= 15 is 0 Å². The van der Waals surface area contributed by atoms with Crippen molar-refractivity contribution < 1.29 is 0 Å². The molecule has 3 aromatic heterocycles. The molecule has 0 bridgehead atoms. The largest absolute Gasteiger partial charge is 0.381 e. The van der Waals surface area contributed by atoms with E-state index in [9.17, 15) is 0 Å². The fraction of sp³-hybridized carbons (Fsp3) is 0.240. The lowest BCUT2D eigenvalue weighted by Gasteiger charge is -2.24. The first-order valence-electron chi connectivity index (χ1n) is 10.9. The molecule has 1 fully saturated rings. The molecule has 162 valence electrons. The van der Waals surface area contributed by atoms with Crippen molar-refractivity contribution in [1.82, 2.24) is 25.1 Å². The molecule has 7 nitrogen and oxygen atoms in total. The van der Waals surface area contributed by atoms with E-state index in [0.29, 0.717) is 6.04 Å². The van der Waals surface area contributed by atoms with Gasteiger partial charge in [-0.2, -0.15) is 5.10 Å². The third kappa shape index (κ3) is 4.48. The molecule has 4 aromatic rings. The summed E-state index contributed by atoms with van der Waals surface area (Å²) in [5, 5.41) is 16.8. The highest BCUT2D eigenvalue weighted by molar-refractivity contribution is 5.89. The molecule has 3 N–H and O–H groups in total. The number of piperidine rings is 1. The predicted octanol–water partition coefficient (Wildman–Crippen LogP) is 4.28. The summed E-state index contributed by atoms with van der Waals surface area (Å²) in [7, 11) is 1.92. The highest BCUT2D eigenvalue weighted by Crippen LogP contribution is 2.26. The van der Waals surface area contributed by atoms with Crippen LogP contribution in [0.25, 0.3) is 27.6 Å². The monoisotopic (exact) mass is 425 g/mol. The number of nitrogens with one attached hydrogen (secondary N) is 3. The standard InChI is InChI=1S/C25H27N7/c1-17(21-10-24(15-27-12-21)31-23-5-7-26-8-6-23)30-25-11-20-9-18(3-4-19(20)13-28-25)22-14-29-32(2)16-22/h3-4,9-16,23,26,31H,1,5-8H2,2H3,(H,28,30). The molecule has 0 unspecified atom stereocenters. The van der Waals surface area contributed by atoms with Gasteiger partial charge >= 0.3 is 0 Å². The van der Waals surface area contributed by atoms with Gasteiger partial charge in [0.1, 0.15) is 5.82 Å². The minimum absolute atomic E-state index is 0.477. The molecule has 0 spiro atoms. The Balaban J connectivity index is 1.33. The van der Waals surface area contributed by atoms with Crippen molar-refractivity contribution in [2.24, 2.45) is 7.05 Å². The van der Waals surface area contributed by atoms with Crippen LogP contribution in [-0.2, 0) is 7.05 Å². The van der Waals surface area contributed by atoms with Crippen molar-refractivity contribution in [1.29, 1.82) is 0 Å². The van der Waals surface area contributed by atoms with Gasteiger partial charge in [-0.25, -0.2) is 4.98 Å². The molecule has 0 amide bonds. The second-order valence-corrected chi connectivity index (χ2v) is 8.27. The molecule has 5 rings (SSSR count). The molecular weight excluding hydrogens is 398 g/mol. The van der Waals surface area contributed by atoms with Crippen molar-refractivity contribution in [3.63, 3.8) is 0 Å². The molecule has 0 atom stereocenters. The molecule has 0 saturated carbocycles. The molecule has 4 heterocycles. The number of pyridine rings is 2. The highest BCUT2D eigenvalue weighted by Gasteiger charge is 2.13. The Morgan fingerprint density at radius 3 is 2.72 bits per heavy atom. The molecule has 32 heavy (non-hydrogen) atoms. The number of aromatic nitrogens is 4. The summed E-state index contributed by atoms with van der Waals surface area (Å²) in [6, 6.07) is 11.0. The Morgan fingerprint density at radius 2 is 1.91 bits per heavy atom. The minimum atomic E-state index is 0.477. The van der Waals surface area contributed by atoms with Gasteiger partial charge in [-0.3, -0.25) is 9.67 Å². The van der Waals surface area contributed by atoms with Crippen LogP contribution in [0.1, 0.15) is 18.4 Å². The quantitative estimate of drug-likeness (QED) is 0.428. The van der Waals surface area contributed by atoms with E-state index in [4.69, 9.17) is 0 Å². The third-order valence-electron chi connectivity index (χ3n) is 5.84. The minimum Gasteiger partial charge on any atom is -0.381 e. The summed E-state index contributed by atoms with van der Waals surface area (Å²) in [5.74, 6) is 0.752. The Labute approximate surface area is 187 Å². The molecule has 1 aromatic carbocycles. The molecule has 1 saturated heterocycles. The Kier molecular flexibility index (Phi) is 5.56. The first kappa shape index (κ1) is 20.2. The lowest BCUT2D eigenvalue weighted by molar-refractivity contribution is 0.479. The van der Waals surface area contributed by atoms with Crippen LogP contribution >= 0.6 is 0 Å². The van der Waals surface area contributed by atoms with Crippen molar-refractivity contribution in [2.75, 3.05) is 23.7 Å². The number of anilines is 2. The van der Waals surface area contributed by atoms with Crippen LogP contribution in [0.5, 0.6) is 0 Å². The first-order chi connectivity index (χ1) is 15.6. The molecule has 0 radical (unpaired) electrons. The van der Waals surface area contributed by atoms with Crippen LogP contribution in [0.2, 0.25) is 0 Å². The lowest BCUT2D eigenvalue weighted by Crippen LogP contribution is -2.35. The normalized spacial score (nSPS) is 14.4. The van der Waals surface area contributed by atoms with Gasteiger partial charge in [0.05, 0.1) is 11.9 Å². The SMILES string of the molecule is C=C(Nc1cc2cc(-c3cnn(C)c3)ccc2cn1)c1cncc(NC2CCNCC2)c1. The average Bonchev–Trinajstić information content (AvgIpc) is 3.26. The number of rotatable bonds is 6. The third-order valence-corrected chi connectivity index (χ3v) is 5.84. The van der Waals surface area contributed by atoms with Crippen LogP contribution in [0.15, 0.2) is 67.9 Å². The van der Waals surface area contributed by atoms with Crippen LogP contribution < -0.4 is 16.0 Å². The van der Waals surface area contributed by atoms with Crippen molar-refractivity contribution in [3.8, 4) is 11.1 Å². The fourth-order valence-electron chi connectivity index (χ4n) is 4.07. The molecular formula is C25H27N7. The van der Waals surface area contributed by atoms with Crippen molar-refractivity contribution in [3.05, 3.63) is 73.5 Å². The second kappa shape index (κ2) is 8.80. The lowest BCUT2D eigenvalue weighted by atomic mass is 10.0. The number of nitrogens with zero attached hydrogens (tertiary/aromatic N) is 4. The van der Waals surface area contributed by atoms with Gasteiger partial charge in [0.25, 0.3) is 0 Å². The summed E-state index contributed by atoms with van der Waals surface area (Å²) >= 11 is 0. The Bertz CT molecular complexity index is 1250. The van der Waals surface area contributed by atoms with Crippen LogP contribution in [0.4, 0.5) is 11.5 Å². The highest BCUT2D eigenvalue weighted by atomic mass is 15.2. The number of fused-ring (bicyclic) bond motifs is 1. The summed E-state index contributed by atoms with van der Waals surface area (Å²) in [5.41, 5.74) is 4.94. The van der Waals surface area contributed by atoms with Crippen molar-refractivity contribution in [2.45, 2.75) is 18.9 Å². The maximum atomic E-state index is 4.56. The summed E-state index contributed by atoms with van der Waals surface area (Å²) in [6.07, 6.45) is 11.7. The maximum absolute atomic E-state index is 4.56. The summed E-state index contributed by atoms with van der Waals surface area (Å²) < 4.78 is 1.81. The van der Waals surface area contributed by atoms with Crippen LogP contribution in [-0.4, -0.2) is 38.9 Å². The Morgan fingerprint density at radius 1 is 1.03 bits per heavy atom. The summed E-state index contributed by atoms with van der Waals surface area (Å²) in [4.78, 5) is 8.97. The van der Waals surface area contributed by atoms with Crippen LogP contribution in [0, 0.1) is 0 Å². The van der Waals surface area contributed by atoms with E-state index in [1.165, 1.54) is 0 Å². The van der Waals surface area contributed by atoms with Gasteiger partial charge in [-0.05, 0) is 55.1 Å². The van der Waals surface area contributed by atoms with E-state index in [0.717, 1.165) is 70.6 Å². The smallest absolute Gasteiger partial charge is 0.130 e. The summed E-state index contributed by atoms with van der Waals surface area (Å²) in [6.45, 7) is 6.32. The van der Waals surface area contributed by atoms with Gasteiger partial charge < -0.3 is 16.0 Å². The average molecular weight is 426 g/mol. The van der Waals surface area contributed by atoms with Crippen molar-refractivity contribution >= 4 is 28.0 Å². The number of aryl methyl sites for hydroxylation is 1. The molecule has 0 aliphatic carbocycles. The zero-order valence-corrected chi connectivity index (χ0v) is 18.2. The zero-order chi connectivity index (χ0) is 21.9. The first-order valence-corrected chi connectivity index (χ1v) is 10.9. The maximum Gasteiger partial charge on any atom is 0.130 e. The van der Waals surface area contributed by atoms with Gasteiger partial charge in [0.2, 0.25) is 0 Å². The Hall–Kier alpha value is -3.71. The van der Waals surface area contributed by atoms with E-state index < -0.39 is 0 Å². The van der Waals surface area contributed by atoms with Gasteiger partial charge in [0.15, 0.2) is 0 Å². The van der Waals surface area contributed by atoms with E-state index in [1.807, 2.05) is 48.8 Å². The van der Waals surface area contributed by atoms with E-state index in [-0.39, 0.29) is 0 Å². The predicted molar refractivity (Wildman–Crippen MR) is 130 cm³/mol. The van der Waals surface area contributed by atoms with E-state index in [2.05, 4.69) is 61.9 Å². The zero-order valence-electron chi connectivity index (χ0n) is 18.2. The number of benzene rings is 1. The van der Waals surface area contributed by atoms with Crippen LogP contribution in [0.3, 0.4) is 0 Å². The topological polar surface area (TPSA) is 79.7 Å². The molecule has 1 aliphatic heterocycles.